The summed E-state index contributed by atoms with van der Waals surface area (Å²) in [6.07, 6.45) is -0.725. The van der Waals surface area contributed by atoms with Crippen molar-refractivity contribution in [1.82, 2.24) is 4.90 Å². The number of hydrogen-bond acceptors (Lipinski definition) is 4. The molecule has 5 heteroatoms. The average Bonchev–Trinajstić information content (AvgIpc) is 2.15. The highest BCUT2D eigenvalue weighted by Gasteiger charge is 2.12. The van der Waals surface area contributed by atoms with Gasteiger partial charge in [-0.3, -0.25) is 4.79 Å². The number of carbonyl (C=O) groups excluding carboxylic acids is 1. The van der Waals surface area contributed by atoms with Crippen LogP contribution in [0.1, 0.15) is 13.8 Å². The zero-order valence-corrected chi connectivity index (χ0v) is 9.75. The summed E-state index contributed by atoms with van der Waals surface area (Å²) in [4.78, 5) is 13.1. The van der Waals surface area contributed by atoms with E-state index in [1.54, 1.807) is 11.9 Å². The molecule has 0 aliphatic heterocycles. The molecule has 0 saturated heterocycles. The lowest BCUT2D eigenvalue weighted by Gasteiger charge is -2.21. The first-order valence-corrected chi connectivity index (χ1v) is 5.76. The van der Waals surface area contributed by atoms with Gasteiger partial charge in [0.25, 0.3) is 0 Å². The van der Waals surface area contributed by atoms with E-state index < -0.39 is 6.10 Å². The highest BCUT2D eigenvalue weighted by atomic mass is 32.2. The lowest BCUT2D eigenvalue weighted by atomic mass is 10.3. The number of aliphatic hydroxyl groups excluding tert-OH is 2. The van der Waals surface area contributed by atoms with Crippen LogP contribution in [0, 0.1) is 0 Å². The zero-order chi connectivity index (χ0) is 11.1. The molecule has 0 aliphatic rings. The van der Waals surface area contributed by atoms with E-state index in [0.717, 1.165) is 0 Å². The van der Waals surface area contributed by atoms with Gasteiger partial charge in [-0.1, -0.05) is 0 Å². The molecular formula is C9H19NO3S. The summed E-state index contributed by atoms with van der Waals surface area (Å²) in [5, 5.41) is 17.6. The Morgan fingerprint density at radius 2 is 2.07 bits per heavy atom. The maximum absolute atomic E-state index is 11.4. The van der Waals surface area contributed by atoms with Crippen molar-refractivity contribution in [2.24, 2.45) is 0 Å². The second kappa shape index (κ2) is 7.09. The number of aliphatic hydroxyl groups is 2. The minimum absolute atomic E-state index is 0.0511. The first-order chi connectivity index (χ1) is 6.49. The molecule has 1 atom stereocenters. The Labute approximate surface area is 89.3 Å². The summed E-state index contributed by atoms with van der Waals surface area (Å²) in [7, 11) is 1.76. The van der Waals surface area contributed by atoms with Crippen LogP contribution in [0.4, 0.5) is 0 Å². The van der Waals surface area contributed by atoms with E-state index >= 15 is 0 Å². The maximum Gasteiger partial charge on any atom is 0.232 e. The van der Waals surface area contributed by atoms with Gasteiger partial charge in [0.1, 0.15) is 0 Å². The smallest absolute Gasteiger partial charge is 0.232 e. The molecule has 0 fully saturated rings. The molecule has 14 heavy (non-hydrogen) atoms. The SMILES string of the molecule is CC(C)N(C)C(=O)CSCC(O)CO. The van der Waals surface area contributed by atoms with Gasteiger partial charge < -0.3 is 15.1 Å². The van der Waals surface area contributed by atoms with Gasteiger partial charge in [0.15, 0.2) is 0 Å². The van der Waals surface area contributed by atoms with Gasteiger partial charge in [0, 0.05) is 18.8 Å². The minimum Gasteiger partial charge on any atom is -0.394 e. The van der Waals surface area contributed by atoms with E-state index in [1.807, 2.05) is 13.8 Å². The third-order valence-electron chi connectivity index (χ3n) is 1.91. The third-order valence-corrected chi connectivity index (χ3v) is 2.99. The van der Waals surface area contributed by atoms with Crippen LogP contribution in [0.15, 0.2) is 0 Å². The lowest BCUT2D eigenvalue weighted by Crippen LogP contribution is -2.34. The Kier molecular flexibility index (Phi) is 6.96. The molecule has 0 radical (unpaired) electrons. The van der Waals surface area contributed by atoms with E-state index in [1.165, 1.54) is 11.8 Å². The number of thioether (sulfide) groups is 1. The molecule has 1 amide bonds. The van der Waals surface area contributed by atoms with Crippen LogP contribution in [-0.2, 0) is 4.79 Å². The number of hydrogen-bond donors (Lipinski definition) is 2. The van der Waals surface area contributed by atoms with Crippen LogP contribution in [0.3, 0.4) is 0 Å². The second-order valence-electron chi connectivity index (χ2n) is 3.45. The maximum atomic E-state index is 11.4. The van der Waals surface area contributed by atoms with Gasteiger partial charge in [-0.05, 0) is 13.8 Å². The summed E-state index contributed by atoms with van der Waals surface area (Å²) in [6, 6.07) is 0.200. The van der Waals surface area contributed by atoms with Gasteiger partial charge in [0.05, 0.1) is 18.5 Å². The Bertz CT molecular complexity index is 175. The fourth-order valence-corrected chi connectivity index (χ4v) is 1.60. The normalized spacial score (nSPS) is 13.0. The van der Waals surface area contributed by atoms with Crippen LogP contribution in [0.25, 0.3) is 0 Å². The largest absolute Gasteiger partial charge is 0.394 e. The fourth-order valence-electron chi connectivity index (χ4n) is 0.725. The van der Waals surface area contributed by atoms with Crippen molar-refractivity contribution in [2.45, 2.75) is 26.0 Å². The Hall–Kier alpha value is -0.260. The Morgan fingerprint density at radius 1 is 1.50 bits per heavy atom. The quantitative estimate of drug-likeness (QED) is 0.659. The number of nitrogens with zero attached hydrogens (tertiary/aromatic N) is 1. The van der Waals surface area contributed by atoms with E-state index in [-0.39, 0.29) is 18.6 Å². The lowest BCUT2D eigenvalue weighted by molar-refractivity contribution is -0.128. The van der Waals surface area contributed by atoms with E-state index in [4.69, 9.17) is 10.2 Å². The average molecular weight is 221 g/mol. The van der Waals surface area contributed by atoms with Crippen LogP contribution < -0.4 is 0 Å². The zero-order valence-electron chi connectivity index (χ0n) is 8.93. The highest BCUT2D eigenvalue weighted by molar-refractivity contribution is 7.99. The standard InChI is InChI=1S/C9H19NO3S/c1-7(2)10(3)9(13)6-14-5-8(12)4-11/h7-8,11-12H,4-6H2,1-3H3. The fraction of sp³-hybridized carbons (Fsp3) is 0.889. The molecule has 2 N–H and O–H groups in total. The highest BCUT2D eigenvalue weighted by Crippen LogP contribution is 2.05. The molecule has 84 valence electrons. The van der Waals surface area contributed by atoms with E-state index in [2.05, 4.69) is 0 Å². The van der Waals surface area contributed by atoms with Crippen molar-refractivity contribution in [3.63, 3.8) is 0 Å². The molecule has 0 aromatic carbocycles. The van der Waals surface area contributed by atoms with Crippen molar-refractivity contribution < 1.29 is 15.0 Å². The molecule has 0 heterocycles. The van der Waals surface area contributed by atoms with Gasteiger partial charge in [-0.2, -0.15) is 0 Å². The first kappa shape index (κ1) is 13.7. The molecule has 0 rings (SSSR count). The predicted octanol–water partition coefficient (Wildman–Crippen LogP) is -0.0604. The van der Waals surface area contributed by atoms with Gasteiger partial charge in [-0.15, -0.1) is 11.8 Å². The van der Waals surface area contributed by atoms with Crippen molar-refractivity contribution in [1.29, 1.82) is 0 Å². The monoisotopic (exact) mass is 221 g/mol. The summed E-state index contributed by atoms with van der Waals surface area (Å²) in [5.74, 6) is 0.801. The third kappa shape index (κ3) is 5.47. The molecule has 0 saturated carbocycles. The summed E-state index contributed by atoms with van der Waals surface area (Å²) in [5.41, 5.74) is 0. The predicted molar refractivity (Wildman–Crippen MR) is 58.3 cm³/mol. The molecule has 0 spiro atoms. The topological polar surface area (TPSA) is 60.8 Å². The minimum atomic E-state index is -0.725. The van der Waals surface area contributed by atoms with Gasteiger partial charge >= 0.3 is 0 Å². The second-order valence-corrected chi connectivity index (χ2v) is 4.48. The van der Waals surface area contributed by atoms with Crippen molar-refractivity contribution >= 4 is 17.7 Å². The summed E-state index contributed by atoms with van der Waals surface area (Å²) in [6.45, 7) is 3.65. The van der Waals surface area contributed by atoms with Gasteiger partial charge in [0.2, 0.25) is 5.91 Å². The summed E-state index contributed by atoms with van der Waals surface area (Å²) >= 11 is 1.34. The Morgan fingerprint density at radius 3 is 2.50 bits per heavy atom. The molecule has 0 aliphatic carbocycles. The first-order valence-electron chi connectivity index (χ1n) is 4.61. The van der Waals surface area contributed by atoms with Gasteiger partial charge in [-0.25, -0.2) is 0 Å². The molecule has 1 unspecified atom stereocenters. The van der Waals surface area contributed by atoms with Crippen LogP contribution in [0.2, 0.25) is 0 Å². The number of carbonyl (C=O) groups is 1. The number of rotatable bonds is 6. The van der Waals surface area contributed by atoms with Crippen LogP contribution >= 0.6 is 11.8 Å². The molecule has 4 nitrogen and oxygen atoms in total. The van der Waals surface area contributed by atoms with Crippen molar-refractivity contribution in [3.8, 4) is 0 Å². The van der Waals surface area contributed by atoms with Crippen molar-refractivity contribution in [3.05, 3.63) is 0 Å². The number of amides is 1. The van der Waals surface area contributed by atoms with Crippen molar-refractivity contribution in [2.75, 3.05) is 25.2 Å². The Balaban J connectivity index is 3.64. The van der Waals surface area contributed by atoms with Crippen LogP contribution in [-0.4, -0.2) is 58.3 Å². The molecule has 0 bridgehead atoms. The molecule has 0 aromatic rings. The molecule has 0 aromatic heterocycles. The summed E-state index contributed by atoms with van der Waals surface area (Å²) < 4.78 is 0. The molecular weight excluding hydrogens is 202 g/mol. The van der Waals surface area contributed by atoms with E-state index in [0.29, 0.717) is 11.5 Å². The van der Waals surface area contributed by atoms with E-state index in [9.17, 15) is 4.79 Å². The van der Waals surface area contributed by atoms with Crippen LogP contribution in [0.5, 0.6) is 0 Å².